The number of unbranched alkanes of at least 4 members (excludes halogenated alkanes) is 1. The summed E-state index contributed by atoms with van der Waals surface area (Å²) in [5, 5.41) is 14.2. The number of hydrogen-bond donors (Lipinski definition) is 2. The molecule has 0 atom stereocenters. The summed E-state index contributed by atoms with van der Waals surface area (Å²) in [6.07, 6.45) is 7.31. The molecule has 0 spiro atoms. The molecular weight excluding hydrogens is 407 g/mol. The van der Waals surface area contributed by atoms with E-state index in [4.69, 9.17) is 0 Å². The number of carbonyl (C=O) groups is 2. The van der Waals surface area contributed by atoms with Crippen molar-refractivity contribution in [2.45, 2.75) is 51.9 Å². The Morgan fingerprint density at radius 1 is 1.06 bits per heavy atom. The SMILES string of the molecule is CCCCC1CCC(C(=O)c2c(O)n(C(=O)Nc3ccc(F)cc3)c3ccccc23)CC1. The Bertz CT molecular complexity index is 1110. The number of benzene rings is 2. The number of anilines is 1. The second-order valence-corrected chi connectivity index (χ2v) is 8.71. The van der Waals surface area contributed by atoms with Gasteiger partial charge in [-0.15, -0.1) is 0 Å². The molecule has 1 aliphatic carbocycles. The quantitative estimate of drug-likeness (QED) is 0.420. The summed E-state index contributed by atoms with van der Waals surface area (Å²) in [7, 11) is 0. The molecule has 1 aliphatic rings. The second-order valence-electron chi connectivity index (χ2n) is 8.71. The van der Waals surface area contributed by atoms with Crippen molar-refractivity contribution in [2.75, 3.05) is 5.32 Å². The van der Waals surface area contributed by atoms with Crippen molar-refractivity contribution in [1.82, 2.24) is 4.57 Å². The zero-order valence-electron chi connectivity index (χ0n) is 18.3. The van der Waals surface area contributed by atoms with Crippen molar-refractivity contribution in [2.24, 2.45) is 11.8 Å². The number of aromatic nitrogens is 1. The van der Waals surface area contributed by atoms with Gasteiger partial charge in [0.05, 0.1) is 11.1 Å². The molecular formula is C26H29FN2O3. The molecule has 1 heterocycles. The lowest BCUT2D eigenvalue weighted by molar-refractivity contribution is 0.0868. The normalized spacial score (nSPS) is 18.6. The Kier molecular flexibility index (Phi) is 6.58. The van der Waals surface area contributed by atoms with Gasteiger partial charge >= 0.3 is 6.03 Å². The Labute approximate surface area is 187 Å². The fraction of sp³-hybridized carbons (Fsp3) is 0.385. The van der Waals surface area contributed by atoms with E-state index in [9.17, 15) is 19.1 Å². The molecule has 5 nitrogen and oxygen atoms in total. The fourth-order valence-electron chi connectivity index (χ4n) is 4.80. The molecule has 0 radical (unpaired) electrons. The molecule has 0 unspecified atom stereocenters. The highest BCUT2D eigenvalue weighted by atomic mass is 19.1. The highest BCUT2D eigenvalue weighted by Crippen LogP contribution is 2.38. The van der Waals surface area contributed by atoms with Crippen LogP contribution in [0.4, 0.5) is 14.9 Å². The molecule has 0 bridgehead atoms. The van der Waals surface area contributed by atoms with Gasteiger partial charge in [0.1, 0.15) is 5.82 Å². The third-order valence-corrected chi connectivity index (χ3v) is 6.58. The maximum absolute atomic E-state index is 13.4. The van der Waals surface area contributed by atoms with Crippen molar-refractivity contribution >= 4 is 28.4 Å². The van der Waals surface area contributed by atoms with Crippen LogP contribution in [0.2, 0.25) is 0 Å². The average molecular weight is 437 g/mol. The predicted molar refractivity (Wildman–Crippen MR) is 124 cm³/mol. The van der Waals surface area contributed by atoms with Gasteiger partial charge in [-0.3, -0.25) is 4.79 Å². The van der Waals surface area contributed by atoms with E-state index in [-0.39, 0.29) is 23.1 Å². The number of amides is 1. The van der Waals surface area contributed by atoms with Crippen LogP contribution in [0.5, 0.6) is 5.88 Å². The molecule has 168 valence electrons. The molecule has 4 rings (SSSR count). The van der Waals surface area contributed by atoms with Gasteiger partial charge in [0.15, 0.2) is 5.78 Å². The number of halogens is 1. The maximum atomic E-state index is 13.4. The van der Waals surface area contributed by atoms with Gasteiger partial charge in [-0.05, 0) is 61.9 Å². The number of fused-ring (bicyclic) bond motifs is 1. The van der Waals surface area contributed by atoms with E-state index in [1.807, 2.05) is 0 Å². The molecule has 6 heteroatoms. The largest absolute Gasteiger partial charge is 0.494 e. The molecule has 2 N–H and O–H groups in total. The number of ketones is 1. The van der Waals surface area contributed by atoms with Crippen LogP contribution in [-0.4, -0.2) is 21.5 Å². The zero-order valence-corrected chi connectivity index (χ0v) is 18.3. The minimum absolute atomic E-state index is 0.0963. The number of aromatic hydroxyl groups is 1. The van der Waals surface area contributed by atoms with Crippen LogP contribution >= 0.6 is 0 Å². The summed E-state index contributed by atoms with van der Waals surface area (Å²) in [5.74, 6) is -0.312. The van der Waals surface area contributed by atoms with E-state index in [0.717, 1.165) is 30.3 Å². The van der Waals surface area contributed by atoms with Crippen LogP contribution in [0.25, 0.3) is 10.9 Å². The predicted octanol–water partition coefficient (Wildman–Crippen LogP) is 6.75. The van der Waals surface area contributed by atoms with Gasteiger partial charge < -0.3 is 10.4 Å². The molecule has 2 aromatic carbocycles. The van der Waals surface area contributed by atoms with E-state index >= 15 is 0 Å². The lowest BCUT2D eigenvalue weighted by atomic mass is 9.77. The first-order chi connectivity index (χ1) is 15.5. The molecule has 1 amide bonds. The van der Waals surface area contributed by atoms with E-state index in [2.05, 4.69) is 12.2 Å². The third-order valence-electron chi connectivity index (χ3n) is 6.58. The third kappa shape index (κ3) is 4.40. The van der Waals surface area contributed by atoms with Crippen molar-refractivity contribution in [3.05, 3.63) is 59.9 Å². The van der Waals surface area contributed by atoms with Gasteiger partial charge in [-0.1, -0.05) is 44.4 Å². The number of nitrogens with one attached hydrogen (secondary N) is 1. The van der Waals surface area contributed by atoms with Crippen LogP contribution in [0.1, 0.15) is 62.2 Å². The summed E-state index contributed by atoms with van der Waals surface area (Å²) in [5.41, 5.74) is 1.07. The Hall–Kier alpha value is -3.15. The van der Waals surface area contributed by atoms with Crippen LogP contribution in [0.3, 0.4) is 0 Å². The molecule has 0 saturated heterocycles. The first kappa shape index (κ1) is 22.1. The molecule has 0 aliphatic heterocycles. The molecule has 3 aromatic rings. The van der Waals surface area contributed by atoms with Crippen molar-refractivity contribution in [1.29, 1.82) is 0 Å². The summed E-state index contributed by atoms with van der Waals surface area (Å²) in [4.78, 5) is 26.4. The van der Waals surface area contributed by atoms with Crippen LogP contribution < -0.4 is 5.32 Å². The number of para-hydroxylation sites is 1. The Morgan fingerprint density at radius 2 is 1.75 bits per heavy atom. The highest BCUT2D eigenvalue weighted by molar-refractivity contribution is 6.14. The molecule has 1 aromatic heterocycles. The lowest BCUT2D eigenvalue weighted by Crippen LogP contribution is -2.22. The van der Waals surface area contributed by atoms with Crippen molar-refractivity contribution < 1.29 is 19.1 Å². The van der Waals surface area contributed by atoms with E-state index in [0.29, 0.717) is 22.5 Å². The maximum Gasteiger partial charge on any atom is 0.333 e. The summed E-state index contributed by atoms with van der Waals surface area (Å²) >= 11 is 0. The van der Waals surface area contributed by atoms with Crippen LogP contribution in [-0.2, 0) is 0 Å². The van der Waals surface area contributed by atoms with Gasteiger partial charge in [0.2, 0.25) is 5.88 Å². The average Bonchev–Trinajstić information content (AvgIpc) is 3.10. The van der Waals surface area contributed by atoms with Gasteiger partial charge in [-0.25, -0.2) is 13.8 Å². The Morgan fingerprint density at radius 3 is 2.44 bits per heavy atom. The number of nitrogens with zero attached hydrogens (tertiary/aromatic N) is 1. The van der Waals surface area contributed by atoms with Crippen LogP contribution in [0.15, 0.2) is 48.5 Å². The minimum Gasteiger partial charge on any atom is -0.494 e. The summed E-state index contributed by atoms with van der Waals surface area (Å²) < 4.78 is 14.3. The summed E-state index contributed by atoms with van der Waals surface area (Å²) in [6.45, 7) is 2.19. The van der Waals surface area contributed by atoms with Crippen molar-refractivity contribution in [3.8, 4) is 5.88 Å². The number of hydrogen-bond acceptors (Lipinski definition) is 3. The summed E-state index contributed by atoms with van der Waals surface area (Å²) in [6, 6.07) is 11.8. The smallest absolute Gasteiger partial charge is 0.333 e. The van der Waals surface area contributed by atoms with E-state index < -0.39 is 11.8 Å². The number of carbonyl (C=O) groups excluding carboxylic acids is 2. The molecule has 1 saturated carbocycles. The molecule has 1 fully saturated rings. The topological polar surface area (TPSA) is 71.3 Å². The Balaban J connectivity index is 1.60. The van der Waals surface area contributed by atoms with Gasteiger partial charge in [-0.2, -0.15) is 0 Å². The monoisotopic (exact) mass is 436 g/mol. The first-order valence-electron chi connectivity index (χ1n) is 11.4. The van der Waals surface area contributed by atoms with Crippen molar-refractivity contribution in [3.63, 3.8) is 0 Å². The van der Waals surface area contributed by atoms with Gasteiger partial charge in [0.25, 0.3) is 0 Å². The first-order valence-corrected chi connectivity index (χ1v) is 11.4. The van der Waals surface area contributed by atoms with Crippen LogP contribution in [0, 0.1) is 17.7 Å². The minimum atomic E-state index is -0.604. The van der Waals surface area contributed by atoms with E-state index in [1.54, 1.807) is 24.3 Å². The highest BCUT2D eigenvalue weighted by Gasteiger charge is 2.32. The fourth-order valence-corrected chi connectivity index (χ4v) is 4.80. The number of Topliss-reactive ketones (excluding diaryl/α,β-unsaturated/α-hetero) is 1. The second kappa shape index (κ2) is 9.55. The number of rotatable bonds is 6. The lowest BCUT2D eigenvalue weighted by Gasteiger charge is -2.27. The van der Waals surface area contributed by atoms with E-state index in [1.165, 1.54) is 43.5 Å². The van der Waals surface area contributed by atoms with Gasteiger partial charge in [0, 0.05) is 17.0 Å². The zero-order chi connectivity index (χ0) is 22.7. The standard InChI is InChI=1S/C26H29FN2O3/c1-2-3-6-17-9-11-18(12-10-17)24(30)23-21-7-4-5-8-22(21)29(25(23)31)26(32)28-20-15-13-19(27)14-16-20/h4-5,7-8,13-18,31H,2-3,6,9-12H2,1H3,(H,28,32). The molecule has 32 heavy (non-hydrogen) atoms.